The average molecular weight is 411 g/mol. The van der Waals surface area contributed by atoms with Crippen LogP contribution in [-0.2, 0) is 0 Å². The zero-order valence-electron chi connectivity index (χ0n) is 14.5. The van der Waals surface area contributed by atoms with Gasteiger partial charge in [-0.1, -0.05) is 0 Å². The lowest BCUT2D eigenvalue weighted by atomic mass is 9.87. The quantitative estimate of drug-likeness (QED) is 0.749. The Kier molecular flexibility index (Phi) is 8.89. The molecule has 0 saturated carbocycles. The molecule has 1 aromatic carbocycles. The topological polar surface area (TPSA) is 52.6 Å². The molecule has 1 aromatic rings. The molecular formula is C18H26Cl2F2N2O2. The van der Waals surface area contributed by atoms with Crippen molar-refractivity contribution in [2.75, 3.05) is 32.7 Å². The van der Waals surface area contributed by atoms with E-state index in [-0.39, 0.29) is 42.1 Å². The van der Waals surface area contributed by atoms with Crippen molar-refractivity contribution in [3.05, 3.63) is 35.4 Å². The van der Waals surface area contributed by atoms with E-state index in [2.05, 4.69) is 10.2 Å². The summed E-state index contributed by atoms with van der Waals surface area (Å²) in [5.41, 5.74) is -0.447. The van der Waals surface area contributed by atoms with E-state index >= 15 is 0 Å². The third kappa shape index (κ3) is 5.60. The number of ketones is 1. The van der Waals surface area contributed by atoms with Crippen LogP contribution in [0.3, 0.4) is 0 Å². The molecule has 26 heavy (non-hydrogen) atoms. The van der Waals surface area contributed by atoms with Crippen molar-refractivity contribution in [1.29, 1.82) is 0 Å². The first-order valence-electron chi connectivity index (χ1n) is 8.62. The molecule has 8 heteroatoms. The van der Waals surface area contributed by atoms with Crippen molar-refractivity contribution >= 4 is 30.6 Å². The highest BCUT2D eigenvalue weighted by Gasteiger charge is 2.34. The molecule has 0 bridgehead atoms. The van der Waals surface area contributed by atoms with Crippen LogP contribution in [0.5, 0.6) is 0 Å². The number of Topliss-reactive ketones (excluding diaryl/α,β-unsaturated/α-hetero) is 1. The Hall–Kier alpha value is -0.790. The monoisotopic (exact) mass is 410 g/mol. The van der Waals surface area contributed by atoms with Gasteiger partial charge in [0, 0.05) is 24.6 Å². The van der Waals surface area contributed by atoms with E-state index in [1.807, 2.05) is 0 Å². The summed E-state index contributed by atoms with van der Waals surface area (Å²) in [6.07, 6.45) is 3.14. The smallest absolute Gasteiger partial charge is 0.166 e. The highest BCUT2D eigenvalue weighted by molar-refractivity contribution is 5.97. The summed E-state index contributed by atoms with van der Waals surface area (Å²) < 4.78 is 26.3. The maximum absolute atomic E-state index is 13.3. The fraction of sp³-hybridized carbons (Fsp3) is 0.611. The van der Waals surface area contributed by atoms with Crippen molar-refractivity contribution in [3.8, 4) is 0 Å². The molecule has 0 aliphatic carbocycles. The second-order valence-corrected chi connectivity index (χ2v) is 7.05. The summed E-state index contributed by atoms with van der Waals surface area (Å²) in [7, 11) is 0. The number of aliphatic hydroxyl groups is 1. The average Bonchev–Trinajstić information content (AvgIpc) is 2.58. The van der Waals surface area contributed by atoms with Gasteiger partial charge in [-0.2, -0.15) is 0 Å². The Labute approximate surface area is 165 Å². The molecule has 0 amide bonds. The molecule has 1 atom stereocenters. The normalized spacial score (nSPS) is 24.4. The van der Waals surface area contributed by atoms with Gasteiger partial charge < -0.3 is 15.3 Å². The Morgan fingerprint density at radius 1 is 1.23 bits per heavy atom. The summed E-state index contributed by atoms with van der Waals surface area (Å²) in [6.45, 7) is 3.66. The van der Waals surface area contributed by atoms with Crippen LogP contribution < -0.4 is 5.32 Å². The Morgan fingerprint density at radius 2 is 1.92 bits per heavy atom. The van der Waals surface area contributed by atoms with Crippen molar-refractivity contribution in [3.63, 3.8) is 0 Å². The zero-order chi connectivity index (χ0) is 17.2. The van der Waals surface area contributed by atoms with Crippen LogP contribution in [0.25, 0.3) is 0 Å². The summed E-state index contributed by atoms with van der Waals surface area (Å²) in [4.78, 5) is 14.7. The Balaban J connectivity index is 0.00000169. The Morgan fingerprint density at radius 3 is 2.50 bits per heavy atom. The zero-order valence-corrected chi connectivity index (χ0v) is 16.2. The third-order valence-corrected chi connectivity index (χ3v) is 5.13. The van der Waals surface area contributed by atoms with Gasteiger partial charge in [0.1, 0.15) is 0 Å². The maximum Gasteiger partial charge on any atom is 0.166 e. The van der Waals surface area contributed by atoms with Crippen LogP contribution in [0, 0.1) is 17.6 Å². The van der Waals surface area contributed by atoms with E-state index in [0.29, 0.717) is 25.9 Å². The van der Waals surface area contributed by atoms with Crippen molar-refractivity contribution < 1.29 is 18.7 Å². The number of carbonyl (C=O) groups excluding carboxylic acids is 1. The van der Waals surface area contributed by atoms with Crippen LogP contribution in [0.1, 0.15) is 36.0 Å². The molecule has 2 N–H and O–H groups in total. The van der Waals surface area contributed by atoms with Gasteiger partial charge in [-0.05, 0) is 63.5 Å². The molecule has 3 rings (SSSR count). The fourth-order valence-corrected chi connectivity index (χ4v) is 3.74. The lowest BCUT2D eigenvalue weighted by molar-refractivity contribution is -0.0216. The van der Waals surface area contributed by atoms with Gasteiger partial charge in [0.15, 0.2) is 17.4 Å². The van der Waals surface area contributed by atoms with Gasteiger partial charge in [0.05, 0.1) is 5.60 Å². The predicted octanol–water partition coefficient (Wildman–Crippen LogP) is 2.82. The van der Waals surface area contributed by atoms with Crippen molar-refractivity contribution in [2.45, 2.75) is 31.3 Å². The SMILES string of the molecule is Cl.Cl.O=C(c1ccc(F)c(F)c1)C1CCN(CC2(O)CCCNC2)CC1. The second kappa shape index (κ2) is 9.95. The lowest BCUT2D eigenvalue weighted by Gasteiger charge is -2.40. The van der Waals surface area contributed by atoms with Crippen LogP contribution in [0.15, 0.2) is 18.2 Å². The summed E-state index contributed by atoms with van der Waals surface area (Å²) in [5.74, 6) is -2.20. The summed E-state index contributed by atoms with van der Waals surface area (Å²) in [6, 6.07) is 3.34. The molecule has 0 spiro atoms. The van der Waals surface area contributed by atoms with Gasteiger partial charge >= 0.3 is 0 Å². The first-order valence-corrected chi connectivity index (χ1v) is 8.62. The number of halogens is 4. The van der Waals surface area contributed by atoms with E-state index in [1.54, 1.807) is 0 Å². The van der Waals surface area contributed by atoms with Crippen molar-refractivity contribution in [2.24, 2.45) is 5.92 Å². The number of benzene rings is 1. The number of hydrogen-bond donors (Lipinski definition) is 2. The molecule has 148 valence electrons. The maximum atomic E-state index is 13.3. The van der Waals surface area contributed by atoms with Gasteiger partial charge in [0.2, 0.25) is 0 Å². The van der Waals surface area contributed by atoms with E-state index in [9.17, 15) is 18.7 Å². The first-order chi connectivity index (χ1) is 11.5. The summed E-state index contributed by atoms with van der Waals surface area (Å²) >= 11 is 0. The van der Waals surface area contributed by atoms with Gasteiger partial charge in [-0.25, -0.2) is 8.78 Å². The number of nitrogens with zero attached hydrogens (tertiary/aromatic N) is 1. The lowest BCUT2D eigenvalue weighted by Crippen LogP contribution is -2.54. The molecule has 0 radical (unpaired) electrons. The molecule has 2 heterocycles. The number of hydrogen-bond acceptors (Lipinski definition) is 4. The highest BCUT2D eigenvalue weighted by Crippen LogP contribution is 2.25. The van der Waals surface area contributed by atoms with E-state index in [4.69, 9.17) is 0 Å². The highest BCUT2D eigenvalue weighted by atomic mass is 35.5. The van der Waals surface area contributed by atoms with Gasteiger partial charge in [-0.3, -0.25) is 4.79 Å². The second-order valence-electron chi connectivity index (χ2n) is 7.05. The summed E-state index contributed by atoms with van der Waals surface area (Å²) in [5, 5.41) is 13.8. The van der Waals surface area contributed by atoms with Crippen LogP contribution in [0.2, 0.25) is 0 Å². The predicted molar refractivity (Wildman–Crippen MR) is 101 cm³/mol. The van der Waals surface area contributed by atoms with Crippen LogP contribution in [-0.4, -0.2) is 54.1 Å². The Bertz CT molecular complexity index is 605. The van der Waals surface area contributed by atoms with Crippen LogP contribution in [0.4, 0.5) is 8.78 Å². The molecule has 2 aliphatic heterocycles. The van der Waals surface area contributed by atoms with Gasteiger partial charge in [0.25, 0.3) is 0 Å². The number of nitrogens with one attached hydrogen (secondary N) is 1. The number of β-amino-alcohol motifs (C(OH)–C–C–N with tert-alkyl or cyclic N) is 1. The molecule has 4 nitrogen and oxygen atoms in total. The van der Waals surface area contributed by atoms with E-state index in [1.165, 1.54) is 6.07 Å². The minimum atomic E-state index is -0.981. The minimum Gasteiger partial charge on any atom is -0.387 e. The van der Waals surface area contributed by atoms with Gasteiger partial charge in [-0.15, -0.1) is 24.8 Å². The molecule has 1 unspecified atom stereocenters. The van der Waals surface area contributed by atoms with E-state index in [0.717, 1.165) is 44.6 Å². The minimum absolute atomic E-state index is 0. The molecule has 2 aliphatic rings. The molecular weight excluding hydrogens is 385 g/mol. The van der Waals surface area contributed by atoms with E-state index < -0.39 is 17.2 Å². The number of likely N-dealkylation sites (tertiary alicyclic amines) is 1. The third-order valence-electron chi connectivity index (χ3n) is 5.13. The van der Waals surface area contributed by atoms with Crippen molar-refractivity contribution in [1.82, 2.24) is 10.2 Å². The molecule has 2 saturated heterocycles. The van der Waals surface area contributed by atoms with Crippen LogP contribution >= 0.6 is 24.8 Å². The number of piperidine rings is 2. The number of carbonyl (C=O) groups is 1. The molecule has 2 fully saturated rings. The largest absolute Gasteiger partial charge is 0.387 e. The standard InChI is InChI=1S/C18H24F2N2O2.2ClH/c19-15-3-2-14(10-16(15)20)17(23)13-4-8-22(9-5-13)12-18(24)6-1-7-21-11-18;;/h2-3,10,13,21,24H,1,4-9,11-12H2;2*1H. The fourth-order valence-electron chi connectivity index (χ4n) is 3.74. The molecule has 0 aromatic heterocycles. The first kappa shape index (κ1) is 23.2. The number of rotatable bonds is 4.